The van der Waals surface area contributed by atoms with Crippen LogP contribution in [0.4, 0.5) is 4.39 Å². The number of pyridine rings is 1. The van der Waals surface area contributed by atoms with Gasteiger partial charge in [0, 0.05) is 22.9 Å². The number of aromatic amines is 1. The quantitative estimate of drug-likeness (QED) is 0.801. The lowest BCUT2D eigenvalue weighted by Gasteiger charge is -2.04. The second-order valence-corrected chi connectivity index (χ2v) is 3.62. The molecule has 0 saturated heterocycles. The molecule has 0 saturated carbocycles. The first-order valence-electron chi connectivity index (χ1n) is 4.75. The molecule has 0 aliphatic carbocycles. The van der Waals surface area contributed by atoms with Crippen LogP contribution in [-0.4, -0.2) is 4.98 Å². The summed E-state index contributed by atoms with van der Waals surface area (Å²) in [5.74, 6) is -0.215. The van der Waals surface area contributed by atoms with Gasteiger partial charge in [0.25, 0.3) is 5.56 Å². The molecule has 0 spiro atoms. The smallest absolute Gasteiger partial charge is 0.252 e. The maximum atomic E-state index is 13.5. The van der Waals surface area contributed by atoms with Gasteiger partial charge < -0.3 is 4.98 Å². The summed E-state index contributed by atoms with van der Waals surface area (Å²) in [6, 6.07) is 7.99. The summed E-state index contributed by atoms with van der Waals surface area (Å²) in [7, 11) is 0. The van der Waals surface area contributed by atoms with Crippen LogP contribution in [0.5, 0.6) is 0 Å². The number of hydrogen-bond donors (Lipinski definition) is 1. The van der Waals surface area contributed by atoms with E-state index in [-0.39, 0.29) is 17.3 Å². The molecular formula is C12H9ClFNO. The minimum atomic E-state index is -0.324. The summed E-state index contributed by atoms with van der Waals surface area (Å²) in [4.78, 5) is 13.8. The second kappa shape index (κ2) is 4.49. The van der Waals surface area contributed by atoms with E-state index in [1.165, 1.54) is 12.3 Å². The fourth-order valence-corrected chi connectivity index (χ4v) is 1.68. The van der Waals surface area contributed by atoms with E-state index in [0.717, 1.165) is 0 Å². The highest BCUT2D eigenvalue weighted by atomic mass is 35.5. The minimum absolute atomic E-state index is 0.109. The van der Waals surface area contributed by atoms with Gasteiger partial charge in [-0.05, 0) is 12.1 Å². The van der Waals surface area contributed by atoms with Crippen molar-refractivity contribution in [3.05, 3.63) is 58.3 Å². The molecule has 1 aromatic heterocycles. The van der Waals surface area contributed by atoms with Crippen LogP contribution in [0.2, 0.25) is 0 Å². The van der Waals surface area contributed by atoms with Crippen molar-refractivity contribution < 1.29 is 4.39 Å². The standard InChI is InChI=1S/C12H9ClFNO/c13-6-8-5-9(7-15-12(8)16)10-3-1-2-4-11(10)14/h1-5,7H,6H2,(H,15,16). The Morgan fingerprint density at radius 1 is 1.31 bits per heavy atom. The van der Waals surface area contributed by atoms with Crippen molar-refractivity contribution >= 4 is 11.6 Å². The summed E-state index contributed by atoms with van der Waals surface area (Å²) in [6.07, 6.45) is 1.48. The Bertz CT molecular complexity index is 565. The molecule has 0 unspecified atom stereocenters. The summed E-state index contributed by atoms with van der Waals surface area (Å²) >= 11 is 5.62. The molecule has 1 aromatic carbocycles. The third-order valence-corrected chi connectivity index (χ3v) is 2.60. The van der Waals surface area contributed by atoms with Gasteiger partial charge in [-0.3, -0.25) is 4.79 Å². The molecule has 82 valence electrons. The van der Waals surface area contributed by atoms with Crippen LogP contribution in [0, 0.1) is 5.82 Å². The van der Waals surface area contributed by atoms with E-state index < -0.39 is 0 Å². The summed E-state index contributed by atoms with van der Waals surface area (Å²) in [5, 5.41) is 0. The van der Waals surface area contributed by atoms with E-state index in [0.29, 0.717) is 16.7 Å². The maximum Gasteiger partial charge on any atom is 0.252 e. The SMILES string of the molecule is O=c1[nH]cc(-c2ccccc2F)cc1CCl. The first kappa shape index (κ1) is 10.9. The molecule has 2 rings (SSSR count). The average Bonchev–Trinajstić information content (AvgIpc) is 2.31. The van der Waals surface area contributed by atoms with E-state index in [1.54, 1.807) is 24.3 Å². The molecule has 0 aliphatic heterocycles. The fraction of sp³-hybridized carbons (Fsp3) is 0.0833. The van der Waals surface area contributed by atoms with Gasteiger partial charge in [0.15, 0.2) is 0 Å². The van der Waals surface area contributed by atoms with Crippen molar-refractivity contribution in [3.63, 3.8) is 0 Å². The number of H-pyrrole nitrogens is 1. The van der Waals surface area contributed by atoms with Gasteiger partial charge in [-0.1, -0.05) is 18.2 Å². The molecule has 4 heteroatoms. The van der Waals surface area contributed by atoms with Crippen LogP contribution in [0.3, 0.4) is 0 Å². The van der Waals surface area contributed by atoms with Gasteiger partial charge in [-0.15, -0.1) is 11.6 Å². The third-order valence-electron chi connectivity index (χ3n) is 2.31. The normalized spacial score (nSPS) is 10.4. The van der Waals surface area contributed by atoms with Crippen LogP contribution in [0.25, 0.3) is 11.1 Å². The molecule has 2 nitrogen and oxygen atoms in total. The zero-order valence-corrected chi connectivity index (χ0v) is 9.09. The highest BCUT2D eigenvalue weighted by Crippen LogP contribution is 2.21. The van der Waals surface area contributed by atoms with Crippen molar-refractivity contribution in [3.8, 4) is 11.1 Å². The van der Waals surface area contributed by atoms with E-state index in [2.05, 4.69) is 4.98 Å². The Kier molecular flexibility index (Phi) is 3.06. The lowest BCUT2D eigenvalue weighted by molar-refractivity contribution is 0.631. The topological polar surface area (TPSA) is 32.9 Å². The van der Waals surface area contributed by atoms with Crippen molar-refractivity contribution in [2.75, 3.05) is 0 Å². The van der Waals surface area contributed by atoms with Crippen molar-refractivity contribution in [2.24, 2.45) is 0 Å². The molecular weight excluding hydrogens is 229 g/mol. The lowest BCUT2D eigenvalue weighted by atomic mass is 10.1. The zero-order chi connectivity index (χ0) is 11.5. The van der Waals surface area contributed by atoms with Crippen LogP contribution in [0.15, 0.2) is 41.3 Å². The van der Waals surface area contributed by atoms with E-state index in [9.17, 15) is 9.18 Å². The van der Waals surface area contributed by atoms with Crippen LogP contribution in [0.1, 0.15) is 5.56 Å². The Balaban J connectivity index is 2.57. The van der Waals surface area contributed by atoms with Gasteiger partial charge in [0.1, 0.15) is 5.82 Å². The molecule has 0 aliphatic rings. The van der Waals surface area contributed by atoms with Gasteiger partial charge >= 0.3 is 0 Å². The number of halogens is 2. The molecule has 0 radical (unpaired) electrons. The molecule has 0 amide bonds. The molecule has 16 heavy (non-hydrogen) atoms. The highest BCUT2D eigenvalue weighted by molar-refractivity contribution is 6.17. The number of alkyl halides is 1. The monoisotopic (exact) mass is 237 g/mol. The largest absolute Gasteiger partial charge is 0.328 e. The van der Waals surface area contributed by atoms with E-state index in [4.69, 9.17) is 11.6 Å². The first-order valence-corrected chi connectivity index (χ1v) is 5.28. The van der Waals surface area contributed by atoms with Gasteiger partial charge in [-0.25, -0.2) is 4.39 Å². The summed E-state index contributed by atoms with van der Waals surface area (Å²) < 4.78 is 13.5. The number of hydrogen-bond acceptors (Lipinski definition) is 1. The van der Waals surface area contributed by atoms with Crippen molar-refractivity contribution in [1.29, 1.82) is 0 Å². The van der Waals surface area contributed by atoms with Gasteiger partial charge in [0.05, 0.1) is 5.88 Å². The maximum absolute atomic E-state index is 13.5. The fourth-order valence-electron chi connectivity index (χ4n) is 1.48. The minimum Gasteiger partial charge on any atom is -0.328 e. The highest BCUT2D eigenvalue weighted by Gasteiger charge is 2.06. The Labute approximate surface area is 96.7 Å². The lowest BCUT2D eigenvalue weighted by Crippen LogP contribution is -2.10. The Hall–Kier alpha value is -1.61. The Morgan fingerprint density at radius 2 is 2.06 bits per heavy atom. The predicted octanol–water partition coefficient (Wildman–Crippen LogP) is 2.92. The van der Waals surface area contributed by atoms with Crippen molar-refractivity contribution in [1.82, 2.24) is 4.98 Å². The van der Waals surface area contributed by atoms with Crippen LogP contribution < -0.4 is 5.56 Å². The average molecular weight is 238 g/mol. The summed E-state index contributed by atoms with van der Waals surface area (Å²) in [6.45, 7) is 0. The molecule has 2 aromatic rings. The predicted molar refractivity (Wildman–Crippen MR) is 62.0 cm³/mol. The van der Waals surface area contributed by atoms with Crippen LogP contribution in [-0.2, 0) is 5.88 Å². The van der Waals surface area contributed by atoms with Crippen LogP contribution >= 0.6 is 11.6 Å². The van der Waals surface area contributed by atoms with E-state index in [1.807, 2.05) is 0 Å². The number of nitrogens with one attached hydrogen (secondary N) is 1. The number of aromatic nitrogens is 1. The number of benzene rings is 1. The molecule has 1 N–H and O–H groups in total. The second-order valence-electron chi connectivity index (χ2n) is 3.36. The van der Waals surface area contributed by atoms with E-state index >= 15 is 0 Å². The van der Waals surface area contributed by atoms with Gasteiger partial charge in [-0.2, -0.15) is 0 Å². The zero-order valence-electron chi connectivity index (χ0n) is 8.34. The van der Waals surface area contributed by atoms with Crippen molar-refractivity contribution in [2.45, 2.75) is 5.88 Å². The first-order chi connectivity index (χ1) is 7.72. The molecule has 0 atom stereocenters. The summed E-state index contributed by atoms with van der Waals surface area (Å²) in [5.41, 5.74) is 1.26. The van der Waals surface area contributed by atoms with Gasteiger partial charge in [0.2, 0.25) is 0 Å². The molecule has 0 fully saturated rings. The number of rotatable bonds is 2. The molecule has 0 bridgehead atoms. The Morgan fingerprint density at radius 3 is 2.75 bits per heavy atom. The molecule has 1 heterocycles. The third kappa shape index (κ3) is 1.99.